The molecule has 0 aromatic heterocycles. The van der Waals surface area contributed by atoms with Crippen molar-refractivity contribution in [3.05, 3.63) is 48.0 Å². The highest BCUT2D eigenvalue weighted by atomic mass is 35.5. The van der Waals surface area contributed by atoms with Gasteiger partial charge in [-0.3, -0.25) is 0 Å². The van der Waals surface area contributed by atoms with E-state index in [2.05, 4.69) is 18.2 Å². The summed E-state index contributed by atoms with van der Waals surface area (Å²) in [5.74, 6) is 0. The van der Waals surface area contributed by atoms with Gasteiger partial charge in [-0.1, -0.05) is 42.5 Å². The van der Waals surface area contributed by atoms with Crippen LogP contribution < -0.4 is 0 Å². The van der Waals surface area contributed by atoms with Gasteiger partial charge < -0.3 is 4.79 Å². The lowest BCUT2D eigenvalue weighted by atomic mass is 10.0. The van der Waals surface area contributed by atoms with Gasteiger partial charge in [-0.2, -0.15) is 0 Å². The highest BCUT2D eigenvalue weighted by Crippen LogP contribution is 2.20. The first-order valence-corrected chi connectivity index (χ1v) is 5.31. The van der Waals surface area contributed by atoms with Crippen LogP contribution in [0.3, 0.4) is 0 Å². The minimum absolute atomic E-state index is 0.434. The van der Waals surface area contributed by atoms with Crippen LogP contribution in [-0.2, 0) is 11.2 Å². The fourth-order valence-electron chi connectivity index (χ4n) is 1.73. The molecule has 0 aliphatic carbocycles. The molecule has 76 valence electrons. The second-order valence-electron chi connectivity index (χ2n) is 3.49. The lowest BCUT2D eigenvalue weighted by Gasteiger charge is -2.06. The lowest BCUT2D eigenvalue weighted by Crippen LogP contribution is -2.04. The van der Waals surface area contributed by atoms with Crippen molar-refractivity contribution in [1.29, 1.82) is 0 Å². The first-order chi connectivity index (χ1) is 7.31. The average molecular weight is 219 g/mol. The van der Waals surface area contributed by atoms with Gasteiger partial charge in [0, 0.05) is 0 Å². The minimum Gasteiger partial charge on any atom is -0.302 e. The molecule has 0 saturated carbocycles. The van der Waals surface area contributed by atoms with Gasteiger partial charge in [-0.15, -0.1) is 11.6 Å². The van der Waals surface area contributed by atoms with E-state index in [0.717, 1.165) is 11.8 Å². The molecule has 1 nitrogen and oxygen atoms in total. The van der Waals surface area contributed by atoms with Crippen molar-refractivity contribution in [2.75, 3.05) is 0 Å². The molecule has 2 rings (SSSR count). The molecule has 0 spiro atoms. The molecule has 1 unspecified atom stereocenters. The average Bonchev–Trinajstić information content (AvgIpc) is 2.29. The van der Waals surface area contributed by atoms with E-state index >= 15 is 0 Å². The Morgan fingerprint density at radius 2 is 1.87 bits per heavy atom. The Bertz CT molecular complexity index is 473. The molecule has 0 fully saturated rings. The van der Waals surface area contributed by atoms with Crippen molar-refractivity contribution >= 4 is 28.7 Å². The standard InChI is InChI=1S/C13H11ClO/c14-12(9-15)8-11-6-3-5-10-4-1-2-7-13(10)11/h1-7,9,12H,8H2. The second kappa shape index (κ2) is 4.45. The summed E-state index contributed by atoms with van der Waals surface area (Å²) in [6.45, 7) is 0. The Hall–Kier alpha value is -1.34. The summed E-state index contributed by atoms with van der Waals surface area (Å²) in [7, 11) is 0. The van der Waals surface area contributed by atoms with Gasteiger partial charge in [0.05, 0.1) is 5.38 Å². The molecule has 2 heteroatoms. The molecule has 0 heterocycles. The molecule has 2 aromatic rings. The van der Waals surface area contributed by atoms with Crippen molar-refractivity contribution < 1.29 is 4.79 Å². The van der Waals surface area contributed by atoms with E-state index in [1.165, 1.54) is 10.8 Å². The number of aldehydes is 1. The first-order valence-electron chi connectivity index (χ1n) is 4.87. The monoisotopic (exact) mass is 218 g/mol. The normalized spacial score (nSPS) is 12.6. The zero-order chi connectivity index (χ0) is 10.7. The predicted molar refractivity (Wildman–Crippen MR) is 63.4 cm³/mol. The second-order valence-corrected chi connectivity index (χ2v) is 4.06. The Morgan fingerprint density at radius 1 is 1.13 bits per heavy atom. The van der Waals surface area contributed by atoms with Crippen molar-refractivity contribution in [2.45, 2.75) is 11.8 Å². The summed E-state index contributed by atoms with van der Waals surface area (Å²) in [5, 5.41) is 1.92. The summed E-state index contributed by atoms with van der Waals surface area (Å²) in [5.41, 5.74) is 1.13. The highest BCUT2D eigenvalue weighted by Gasteiger charge is 2.06. The van der Waals surface area contributed by atoms with E-state index in [0.29, 0.717) is 6.42 Å². The Labute approximate surface area is 93.7 Å². The van der Waals surface area contributed by atoms with Crippen LogP contribution in [0.1, 0.15) is 5.56 Å². The SMILES string of the molecule is O=CC(Cl)Cc1cccc2ccccc12. The van der Waals surface area contributed by atoms with Gasteiger partial charge in [0.2, 0.25) is 0 Å². The van der Waals surface area contributed by atoms with Crippen LogP contribution in [-0.4, -0.2) is 11.7 Å². The summed E-state index contributed by atoms with van der Waals surface area (Å²) < 4.78 is 0. The fourth-order valence-corrected chi connectivity index (χ4v) is 1.89. The van der Waals surface area contributed by atoms with E-state index < -0.39 is 5.38 Å². The Morgan fingerprint density at radius 3 is 2.67 bits per heavy atom. The van der Waals surface area contributed by atoms with Gasteiger partial charge in [0.15, 0.2) is 0 Å². The van der Waals surface area contributed by atoms with Gasteiger partial charge in [0.25, 0.3) is 0 Å². The van der Waals surface area contributed by atoms with E-state index in [-0.39, 0.29) is 0 Å². The molecular formula is C13H11ClO. The predicted octanol–water partition coefficient (Wildman–Crippen LogP) is 3.19. The number of carbonyl (C=O) groups is 1. The summed E-state index contributed by atoms with van der Waals surface area (Å²) in [6.07, 6.45) is 1.37. The topological polar surface area (TPSA) is 17.1 Å². The maximum absolute atomic E-state index is 10.5. The molecular weight excluding hydrogens is 208 g/mol. The van der Waals surface area contributed by atoms with Crippen LogP contribution in [0.2, 0.25) is 0 Å². The third-order valence-electron chi connectivity index (χ3n) is 2.44. The largest absolute Gasteiger partial charge is 0.302 e. The third kappa shape index (κ3) is 2.18. The number of fused-ring (bicyclic) bond motifs is 1. The zero-order valence-corrected chi connectivity index (χ0v) is 8.95. The molecule has 0 radical (unpaired) electrons. The molecule has 0 aliphatic rings. The van der Waals surface area contributed by atoms with E-state index in [4.69, 9.17) is 11.6 Å². The lowest BCUT2D eigenvalue weighted by molar-refractivity contribution is -0.107. The van der Waals surface area contributed by atoms with Crippen LogP contribution in [0, 0.1) is 0 Å². The Kier molecular flexibility index (Phi) is 3.02. The summed E-state index contributed by atoms with van der Waals surface area (Å²) in [4.78, 5) is 10.5. The molecule has 0 N–H and O–H groups in total. The van der Waals surface area contributed by atoms with E-state index in [1.807, 2.05) is 24.3 Å². The minimum atomic E-state index is -0.434. The summed E-state index contributed by atoms with van der Waals surface area (Å²) in [6, 6.07) is 14.2. The van der Waals surface area contributed by atoms with E-state index in [1.54, 1.807) is 0 Å². The molecule has 0 saturated heterocycles. The maximum Gasteiger partial charge on any atom is 0.138 e. The van der Waals surface area contributed by atoms with Gasteiger partial charge in [0.1, 0.15) is 6.29 Å². The summed E-state index contributed by atoms with van der Waals surface area (Å²) >= 11 is 5.83. The molecule has 0 aliphatic heterocycles. The quantitative estimate of drug-likeness (QED) is 0.571. The fraction of sp³-hybridized carbons (Fsp3) is 0.154. The van der Waals surface area contributed by atoms with Crippen molar-refractivity contribution in [1.82, 2.24) is 0 Å². The molecule has 0 amide bonds. The van der Waals surface area contributed by atoms with Crippen LogP contribution in [0.4, 0.5) is 0 Å². The highest BCUT2D eigenvalue weighted by molar-refractivity contribution is 6.27. The van der Waals surface area contributed by atoms with Crippen LogP contribution >= 0.6 is 11.6 Å². The number of halogens is 1. The first kappa shape index (κ1) is 10.2. The van der Waals surface area contributed by atoms with Gasteiger partial charge in [-0.25, -0.2) is 0 Å². The molecule has 1 atom stereocenters. The third-order valence-corrected chi connectivity index (χ3v) is 2.70. The Balaban J connectivity index is 2.46. The number of carbonyl (C=O) groups excluding carboxylic acids is 1. The number of benzene rings is 2. The number of alkyl halides is 1. The van der Waals surface area contributed by atoms with Crippen molar-refractivity contribution in [3.63, 3.8) is 0 Å². The molecule has 0 bridgehead atoms. The molecule has 2 aromatic carbocycles. The number of hydrogen-bond donors (Lipinski definition) is 0. The zero-order valence-electron chi connectivity index (χ0n) is 8.19. The van der Waals surface area contributed by atoms with Gasteiger partial charge >= 0.3 is 0 Å². The van der Waals surface area contributed by atoms with Crippen molar-refractivity contribution in [2.24, 2.45) is 0 Å². The van der Waals surface area contributed by atoms with Crippen LogP contribution in [0.25, 0.3) is 10.8 Å². The smallest absolute Gasteiger partial charge is 0.138 e. The number of rotatable bonds is 3. The van der Waals surface area contributed by atoms with Crippen LogP contribution in [0.15, 0.2) is 42.5 Å². The maximum atomic E-state index is 10.5. The molecule has 15 heavy (non-hydrogen) atoms. The van der Waals surface area contributed by atoms with Crippen molar-refractivity contribution in [3.8, 4) is 0 Å². The van der Waals surface area contributed by atoms with Crippen LogP contribution in [0.5, 0.6) is 0 Å². The van der Waals surface area contributed by atoms with Gasteiger partial charge in [-0.05, 0) is 22.8 Å². The number of hydrogen-bond acceptors (Lipinski definition) is 1. The van der Waals surface area contributed by atoms with E-state index in [9.17, 15) is 4.79 Å².